The molecule has 10 rings (SSSR count). The Bertz CT molecular complexity index is 2920. The molecule has 6 nitrogen and oxygen atoms in total. The number of fused-ring (bicyclic) bond motifs is 6. The molecule has 0 bridgehead atoms. The first-order chi connectivity index (χ1) is 24.1. The second kappa shape index (κ2) is 11.6. The first-order valence-corrected chi connectivity index (χ1v) is 16.3. The number of pyridine rings is 1. The molecule has 0 spiro atoms. The van der Waals surface area contributed by atoms with Crippen molar-refractivity contribution in [2.24, 2.45) is 14.1 Å². The number of hydrogen-bond acceptors (Lipinski definition) is 3. The van der Waals surface area contributed by atoms with Gasteiger partial charge >= 0.3 is 21.1 Å². The number of imidazole rings is 2. The number of aryl methyl sites for hydroxylation is 2. The summed E-state index contributed by atoms with van der Waals surface area (Å²) in [6.07, 6.45) is 1.84. The summed E-state index contributed by atoms with van der Waals surface area (Å²) in [5.41, 5.74) is 10.9. The van der Waals surface area contributed by atoms with E-state index in [1.54, 1.807) is 0 Å². The quantitative estimate of drug-likeness (QED) is 0.166. The standard InChI is InChI=1S/C43H28N6.Pt/c1-47-38-18-6-5-17-36(38)45-41(47)29-12-7-13-31(24-29)49-40-26-30(19-21-34(40)35-16-9-23-44-43(35)49)42-46-37-25-28(20-22-39(37)48(42)2)33-15-8-11-27-10-3-4-14-32(27)33;/h3-23,25H,1-2H3;/q-2;+2. The van der Waals surface area contributed by atoms with Gasteiger partial charge < -0.3 is 13.7 Å². The van der Waals surface area contributed by atoms with E-state index in [1.807, 2.05) is 30.5 Å². The van der Waals surface area contributed by atoms with Gasteiger partial charge in [-0.05, 0) is 68.8 Å². The van der Waals surface area contributed by atoms with Crippen molar-refractivity contribution >= 4 is 54.8 Å². The zero-order valence-electron chi connectivity index (χ0n) is 27.2. The molecule has 0 fully saturated rings. The van der Waals surface area contributed by atoms with Crippen LogP contribution in [-0.4, -0.2) is 28.7 Å². The van der Waals surface area contributed by atoms with Crippen LogP contribution >= 0.6 is 0 Å². The largest absolute Gasteiger partial charge is 2.00 e. The molecule has 4 aromatic heterocycles. The summed E-state index contributed by atoms with van der Waals surface area (Å²) < 4.78 is 6.43. The Kier molecular flexibility index (Phi) is 7.04. The second-order valence-corrected chi connectivity index (χ2v) is 12.5. The molecular weight excluding hydrogens is 796 g/mol. The third-order valence-corrected chi connectivity index (χ3v) is 9.71. The molecule has 0 radical (unpaired) electrons. The van der Waals surface area contributed by atoms with Crippen molar-refractivity contribution in [2.45, 2.75) is 0 Å². The molecule has 4 heterocycles. The Morgan fingerprint density at radius 3 is 2.16 bits per heavy atom. The summed E-state index contributed by atoms with van der Waals surface area (Å²) >= 11 is 0. The summed E-state index contributed by atoms with van der Waals surface area (Å²) in [4.78, 5) is 15.0. The fraction of sp³-hybridized carbons (Fsp3) is 0.0465. The van der Waals surface area contributed by atoms with E-state index in [1.165, 1.54) is 16.3 Å². The van der Waals surface area contributed by atoms with E-state index in [2.05, 4.69) is 143 Å². The van der Waals surface area contributed by atoms with Crippen molar-refractivity contribution in [1.82, 2.24) is 28.7 Å². The van der Waals surface area contributed by atoms with Gasteiger partial charge in [0.2, 0.25) is 0 Å². The van der Waals surface area contributed by atoms with E-state index in [9.17, 15) is 0 Å². The molecular formula is C43H28N6Pt. The maximum atomic E-state index is 5.18. The summed E-state index contributed by atoms with van der Waals surface area (Å²) in [5.74, 6) is 1.72. The smallest absolute Gasteiger partial charge is 0.367 e. The van der Waals surface area contributed by atoms with Crippen LogP contribution in [0.1, 0.15) is 0 Å². The number of benzene rings is 6. The Hall–Kier alpha value is -5.84. The van der Waals surface area contributed by atoms with Crippen LogP contribution in [0.25, 0.3) is 94.4 Å². The molecule has 7 heteroatoms. The third-order valence-electron chi connectivity index (χ3n) is 9.71. The average molecular weight is 824 g/mol. The maximum Gasteiger partial charge on any atom is 2.00 e. The van der Waals surface area contributed by atoms with Gasteiger partial charge in [0.25, 0.3) is 0 Å². The zero-order chi connectivity index (χ0) is 32.6. The molecule has 10 aromatic rings. The van der Waals surface area contributed by atoms with E-state index in [0.29, 0.717) is 0 Å². The Balaban J connectivity index is 0.00000336. The Labute approximate surface area is 302 Å². The summed E-state index contributed by atoms with van der Waals surface area (Å²) in [6.45, 7) is 0. The van der Waals surface area contributed by atoms with Crippen molar-refractivity contribution in [1.29, 1.82) is 0 Å². The monoisotopic (exact) mass is 823 g/mol. The van der Waals surface area contributed by atoms with Crippen LogP contribution in [0.3, 0.4) is 0 Å². The number of aromatic nitrogens is 6. The van der Waals surface area contributed by atoms with Crippen LogP contribution < -0.4 is 0 Å². The molecule has 0 saturated heterocycles. The zero-order valence-corrected chi connectivity index (χ0v) is 29.5. The van der Waals surface area contributed by atoms with Crippen LogP contribution in [0, 0.1) is 12.1 Å². The fourth-order valence-corrected chi connectivity index (χ4v) is 7.32. The van der Waals surface area contributed by atoms with Crippen molar-refractivity contribution in [3.05, 3.63) is 146 Å². The van der Waals surface area contributed by atoms with Gasteiger partial charge in [-0.25, -0.2) is 4.98 Å². The Morgan fingerprint density at radius 2 is 1.28 bits per heavy atom. The molecule has 0 amide bonds. The van der Waals surface area contributed by atoms with Gasteiger partial charge in [-0.2, -0.15) is 0 Å². The first kappa shape index (κ1) is 30.2. The fourth-order valence-electron chi connectivity index (χ4n) is 7.32. The van der Waals surface area contributed by atoms with Gasteiger partial charge in [-0.3, -0.25) is 9.97 Å². The molecule has 0 saturated carbocycles. The van der Waals surface area contributed by atoms with E-state index >= 15 is 0 Å². The minimum absolute atomic E-state index is 0. The summed E-state index contributed by atoms with van der Waals surface area (Å²) in [5, 5.41) is 4.60. The third kappa shape index (κ3) is 4.56. The van der Waals surface area contributed by atoms with Crippen LogP contribution in [0.2, 0.25) is 0 Å². The number of hydrogen-bond donors (Lipinski definition) is 0. The molecule has 6 aromatic carbocycles. The molecule has 0 aliphatic heterocycles. The molecule has 240 valence electrons. The minimum atomic E-state index is 0. The summed E-state index contributed by atoms with van der Waals surface area (Å²) in [6, 6.07) is 51.8. The van der Waals surface area contributed by atoms with Crippen molar-refractivity contribution < 1.29 is 21.1 Å². The van der Waals surface area contributed by atoms with Crippen LogP contribution in [0.5, 0.6) is 0 Å². The summed E-state index contributed by atoms with van der Waals surface area (Å²) in [7, 11) is 4.13. The van der Waals surface area contributed by atoms with Gasteiger partial charge in [0.1, 0.15) is 5.65 Å². The molecule has 0 aliphatic rings. The molecule has 50 heavy (non-hydrogen) atoms. The van der Waals surface area contributed by atoms with Crippen LogP contribution in [-0.2, 0) is 35.2 Å². The second-order valence-electron chi connectivity index (χ2n) is 12.5. The first-order valence-electron chi connectivity index (χ1n) is 16.3. The van der Waals surface area contributed by atoms with Crippen molar-refractivity contribution in [2.75, 3.05) is 0 Å². The maximum absolute atomic E-state index is 5.18. The van der Waals surface area contributed by atoms with Crippen LogP contribution in [0.4, 0.5) is 0 Å². The SMILES string of the molecule is Cn1c(-c2[c-]c(-n3c4[c-]c(-c5nc6cc(-c7cccc8ccccc78)ccc6n5C)ccc4c4cccnc43)ccc2)nc2ccccc21.[Pt+2]. The minimum Gasteiger partial charge on any atom is -0.367 e. The van der Waals surface area contributed by atoms with Gasteiger partial charge in [0, 0.05) is 20.3 Å². The van der Waals surface area contributed by atoms with E-state index in [-0.39, 0.29) is 21.1 Å². The van der Waals surface area contributed by atoms with E-state index in [0.717, 1.165) is 78.0 Å². The Morgan fingerprint density at radius 1 is 0.560 bits per heavy atom. The van der Waals surface area contributed by atoms with E-state index in [4.69, 9.17) is 15.0 Å². The van der Waals surface area contributed by atoms with Gasteiger partial charge in [0.05, 0.1) is 33.7 Å². The molecule has 0 unspecified atom stereocenters. The average Bonchev–Trinajstić information content (AvgIpc) is 3.79. The van der Waals surface area contributed by atoms with Gasteiger partial charge in [-0.15, -0.1) is 53.6 Å². The number of para-hydroxylation sites is 2. The van der Waals surface area contributed by atoms with Gasteiger partial charge in [-0.1, -0.05) is 72.1 Å². The van der Waals surface area contributed by atoms with Crippen molar-refractivity contribution in [3.63, 3.8) is 0 Å². The predicted molar refractivity (Wildman–Crippen MR) is 199 cm³/mol. The van der Waals surface area contributed by atoms with Gasteiger partial charge in [0.15, 0.2) is 0 Å². The van der Waals surface area contributed by atoms with Crippen LogP contribution in [0.15, 0.2) is 134 Å². The van der Waals surface area contributed by atoms with Crippen molar-refractivity contribution in [3.8, 4) is 39.6 Å². The molecule has 0 aliphatic carbocycles. The molecule has 0 N–H and O–H groups in total. The molecule has 0 atom stereocenters. The normalized spacial score (nSPS) is 11.6. The topological polar surface area (TPSA) is 53.5 Å². The predicted octanol–water partition coefficient (Wildman–Crippen LogP) is 9.70. The number of nitrogens with zero attached hydrogens (tertiary/aromatic N) is 6. The number of rotatable bonds is 4. The van der Waals surface area contributed by atoms with E-state index < -0.39 is 0 Å².